The summed E-state index contributed by atoms with van der Waals surface area (Å²) in [4.78, 5) is 46.5. The minimum atomic E-state index is -1.19. The first-order valence-electron chi connectivity index (χ1n) is 6.50. The van der Waals surface area contributed by atoms with Crippen molar-refractivity contribution in [3.63, 3.8) is 0 Å². The molecule has 0 aromatic rings. The van der Waals surface area contributed by atoms with Crippen LogP contribution < -0.4 is 0 Å². The Hall–Kier alpha value is -3.99. The van der Waals surface area contributed by atoms with Crippen LogP contribution in [-0.4, -0.2) is 67.1 Å². The summed E-state index contributed by atoms with van der Waals surface area (Å²) in [5.74, 6) is -5.07. The topological polar surface area (TPSA) is 207 Å². The standard InChI is InChI=1S/C4H6O2.3C3H4O2.C2H4O3.C2H4/c1-3(2)4(5)6;3*1-2-3(4)5;3-1-2(4)5;1-2/h1H2,2H3,(H,5,6);3*2H,1H2,(H,4,5);3H,1H2,(H,4,5);1-2H2. The average molecular weight is 406 g/mol. The summed E-state index contributed by atoms with van der Waals surface area (Å²) in [6, 6.07) is 0. The molecule has 6 N–H and O–H groups in total. The molecule has 0 aromatic heterocycles. The number of hydrogen-bond donors (Lipinski definition) is 6. The lowest BCUT2D eigenvalue weighted by molar-refractivity contribution is -0.140. The fourth-order valence-corrected chi connectivity index (χ4v) is 0. The number of aliphatic carboxylic acids is 5. The van der Waals surface area contributed by atoms with E-state index in [1.807, 2.05) is 0 Å². The molecule has 11 heteroatoms. The van der Waals surface area contributed by atoms with Gasteiger partial charge in [0, 0.05) is 23.8 Å². The molecule has 0 saturated heterocycles. The molecular weight excluding hydrogens is 380 g/mol. The van der Waals surface area contributed by atoms with Gasteiger partial charge in [0.05, 0.1) is 0 Å². The Kier molecular flexibility index (Phi) is 48.1. The van der Waals surface area contributed by atoms with E-state index in [1.54, 1.807) is 0 Å². The summed E-state index contributed by atoms with van der Waals surface area (Å²) in [6.07, 6.45) is 2.50. The number of hydrogen-bond acceptors (Lipinski definition) is 6. The summed E-state index contributed by atoms with van der Waals surface area (Å²) in [5.41, 5.74) is 0.176. The number of aliphatic hydroxyl groups excluding tert-OH is 1. The van der Waals surface area contributed by atoms with Gasteiger partial charge in [-0.3, -0.25) is 0 Å². The van der Waals surface area contributed by atoms with E-state index in [1.165, 1.54) is 6.92 Å². The predicted octanol–water partition coefficient (Wildman–Crippen LogP) is 1.28. The molecule has 0 aliphatic heterocycles. The van der Waals surface area contributed by atoms with Gasteiger partial charge in [-0.1, -0.05) is 26.3 Å². The van der Waals surface area contributed by atoms with Gasteiger partial charge in [-0.05, 0) is 6.92 Å². The number of rotatable bonds is 5. The van der Waals surface area contributed by atoms with Crippen molar-refractivity contribution in [2.24, 2.45) is 0 Å². The van der Waals surface area contributed by atoms with E-state index in [-0.39, 0.29) is 5.57 Å². The second kappa shape index (κ2) is 34.4. The van der Waals surface area contributed by atoms with Crippen LogP contribution in [0, 0.1) is 0 Å². The zero-order valence-electron chi connectivity index (χ0n) is 15.4. The molecular formula is C17H26O11. The molecule has 0 aliphatic rings. The normalized spacial score (nSPS) is 6.50. The van der Waals surface area contributed by atoms with Gasteiger partial charge in [-0.15, -0.1) is 13.2 Å². The number of carboxylic acids is 5. The van der Waals surface area contributed by atoms with Crippen LogP contribution in [0.3, 0.4) is 0 Å². The van der Waals surface area contributed by atoms with E-state index in [0.717, 1.165) is 18.2 Å². The first kappa shape index (κ1) is 39.2. The third kappa shape index (κ3) is 151. The van der Waals surface area contributed by atoms with E-state index in [2.05, 4.69) is 39.5 Å². The zero-order valence-corrected chi connectivity index (χ0v) is 15.4. The lowest BCUT2D eigenvalue weighted by Crippen LogP contribution is -1.98. The maximum absolute atomic E-state index is 9.60. The van der Waals surface area contributed by atoms with Crippen molar-refractivity contribution < 1.29 is 54.6 Å². The van der Waals surface area contributed by atoms with E-state index >= 15 is 0 Å². The fraction of sp³-hybridized carbons (Fsp3) is 0.118. The molecule has 0 amide bonds. The molecule has 28 heavy (non-hydrogen) atoms. The van der Waals surface area contributed by atoms with Crippen LogP contribution in [0.5, 0.6) is 0 Å². The summed E-state index contributed by atoms with van der Waals surface area (Å²) in [6.45, 7) is 18.7. The van der Waals surface area contributed by atoms with Gasteiger partial charge in [0.25, 0.3) is 0 Å². The molecule has 0 heterocycles. The third-order valence-electron chi connectivity index (χ3n) is 1.02. The molecule has 0 atom stereocenters. The Bertz CT molecular complexity index is 464. The second-order valence-corrected chi connectivity index (χ2v) is 3.26. The Morgan fingerprint density at radius 1 is 0.714 bits per heavy atom. The molecule has 0 bridgehead atoms. The maximum Gasteiger partial charge on any atom is 0.330 e. The Morgan fingerprint density at radius 3 is 0.821 bits per heavy atom. The molecule has 160 valence electrons. The van der Waals surface area contributed by atoms with Crippen molar-refractivity contribution in [2.45, 2.75) is 6.92 Å². The quantitative estimate of drug-likeness (QED) is 0.283. The number of carboxylic acid groups (broad SMARTS) is 5. The van der Waals surface area contributed by atoms with E-state index in [4.69, 9.17) is 35.4 Å². The van der Waals surface area contributed by atoms with Crippen molar-refractivity contribution >= 4 is 29.8 Å². The highest BCUT2D eigenvalue weighted by molar-refractivity contribution is 5.84. The van der Waals surface area contributed by atoms with E-state index in [0.29, 0.717) is 0 Å². The highest BCUT2D eigenvalue weighted by Crippen LogP contribution is 1.81. The van der Waals surface area contributed by atoms with Crippen LogP contribution >= 0.6 is 0 Å². The van der Waals surface area contributed by atoms with Crippen LogP contribution in [0.4, 0.5) is 0 Å². The second-order valence-electron chi connectivity index (χ2n) is 3.26. The predicted molar refractivity (Wildman–Crippen MR) is 102 cm³/mol. The minimum absolute atomic E-state index is 0.176. The van der Waals surface area contributed by atoms with E-state index < -0.39 is 36.5 Å². The van der Waals surface area contributed by atoms with Crippen molar-refractivity contribution in [2.75, 3.05) is 6.61 Å². The molecule has 0 aliphatic carbocycles. The molecule has 0 spiro atoms. The molecule has 0 saturated carbocycles. The maximum atomic E-state index is 9.60. The molecule has 0 fully saturated rings. The van der Waals surface area contributed by atoms with Crippen LogP contribution in [0.15, 0.2) is 63.3 Å². The van der Waals surface area contributed by atoms with Crippen LogP contribution in [0.25, 0.3) is 0 Å². The molecule has 0 unspecified atom stereocenters. The molecule has 0 aromatic carbocycles. The lowest BCUT2D eigenvalue weighted by atomic mass is 10.4. The van der Waals surface area contributed by atoms with E-state index in [9.17, 15) is 19.2 Å². The monoisotopic (exact) mass is 406 g/mol. The molecule has 11 nitrogen and oxygen atoms in total. The third-order valence-corrected chi connectivity index (χ3v) is 1.02. The fourth-order valence-electron chi connectivity index (χ4n) is 0. The van der Waals surface area contributed by atoms with Crippen molar-refractivity contribution in [1.82, 2.24) is 0 Å². The Labute approximate surface area is 162 Å². The van der Waals surface area contributed by atoms with Gasteiger partial charge >= 0.3 is 29.8 Å². The summed E-state index contributed by atoms with van der Waals surface area (Å²) < 4.78 is 0. The Balaban J connectivity index is -0.0000000529. The summed E-state index contributed by atoms with van der Waals surface area (Å²) >= 11 is 0. The number of aliphatic hydroxyl groups is 1. The zero-order chi connectivity index (χ0) is 24.3. The molecule has 0 rings (SSSR count). The smallest absolute Gasteiger partial charge is 0.330 e. The Morgan fingerprint density at radius 2 is 0.821 bits per heavy atom. The van der Waals surface area contributed by atoms with Gasteiger partial charge in [0.1, 0.15) is 6.61 Å². The first-order valence-corrected chi connectivity index (χ1v) is 6.50. The minimum Gasteiger partial charge on any atom is -0.480 e. The van der Waals surface area contributed by atoms with Gasteiger partial charge in [0.2, 0.25) is 0 Å². The van der Waals surface area contributed by atoms with Crippen LogP contribution in [-0.2, 0) is 24.0 Å². The van der Waals surface area contributed by atoms with Gasteiger partial charge < -0.3 is 30.6 Å². The van der Waals surface area contributed by atoms with Crippen molar-refractivity contribution in [1.29, 1.82) is 0 Å². The average Bonchev–Trinajstić information content (AvgIpc) is 2.64. The SMILES string of the molecule is C=C.C=C(C)C(=O)O.C=CC(=O)O.C=CC(=O)O.C=CC(=O)O.O=C(O)CO. The van der Waals surface area contributed by atoms with Gasteiger partial charge in [-0.25, -0.2) is 24.0 Å². The highest BCUT2D eigenvalue weighted by atomic mass is 16.4. The van der Waals surface area contributed by atoms with Gasteiger partial charge in [-0.2, -0.15) is 0 Å². The summed E-state index contributed by atoms with van der Waals surface area (Å²) in [5, 5.41) is 45.7. The van der Waals surface area contributed by atoms with Gasteiger partial charge in [0.15, 0.2) is 0 Å². The highest BCUT2D eigenvalue weighted by Gasteiger charge is 1.90. The lowest BCUT2D eigenvalue weighted by Gasteiger charge is -1.79. The van der Waals surface area contributed by atoms with Crippen LogP contribution in [0.1, 0.15) is 6.92 Å². The van der Waals surface area contributed by atoms with Crippen molar-refractivity contribution in [3.05, 3.63) is 63.3 Å². The first-order chi connectivity index (χ1) is 12.7. The molecule has 0 radical (unpaired) electrons. The van der Waals surface area contributed by atoms with Crippen LogP contribution in [0.2, 0.25) is 0 Å². The summed E-state index contributed by atoms with van der Waals surface area (Å²) in [7, 11) is 0. The van der Waals surface area contributed by atoms with Crippen molar-refractivity contribution in [3.8, 4) is 0 Å². The largest absolute Gasteiger partial charge is 0.480 e. The number of carbonyl (C=O) groups is 5.